The Morgan fingerprint density at radius 1 is 1.57 bits per heavy atom. The maximum Gasteiger partial charge on any atom is 0.149 e. The van der Waals surface area contributed by atoms with Gasteiger partial charge in [0.05, 0.1) is 5.02 Å². The van der Waals surface area contributed by atoms with Crippen LogP contribution < -0.4 is 0 Å². The molecule has 0 bridgehead atoms. The lowest BCUT2D eigenvalue weighted by molar-refractivity contribution is -0.104. The van der Waals surface area contributed by atoms with Crippen molar-refractivity contribution in [3.8, 4) is 0 Å². The van der Waals surface area contributed by atoms with Gasteiger partial charge in [-0.05, 0) is 24.1 Å². The summed E-state index contributed by atoms with van der Waals surface area (Å²) >= 11 is 5.59. The molecule has 0 heterocycles. The number of hydrogen-bond acceptors (Lipinski definition) is 1. The van der Waals surface area contributed by atoms with E-state index >= 15 is 0 Å². The number of rotatable bonds is 3. The van der Waals surface area contributed by atoms with Crippen LogP contribution in [-0.4, -0.2) is 6.29 Å². The number of halogens is 2. The monoisotopic (exact) mass is 212 g/mol. The first-order valence-electron chi connectivity index (χ1n) is 4.28. The molecule has 0 saturated carbocycles. The molecular weight excluding hydrogens is 203 g/mol. The normalized spacial score (nSPS) is 11.5. The van der Waals surface area contributed by atoms with Gasteiger partial charge in [0, 0.05) is 5.56 Å². The Morgan fingerprint density at radius 2 is 2.29 bits per heavy atom. The minimum Gasteiger partial charge on any atom is -0.298 e. The van der Waals surface area contributed by atoms with Crippen molar-refractivity contribution in [3.05, 3.63) is 40.2 Å². The van der Waals surface area contributed by atoms with Gasteiger partial charge < -0.3 is 0 Å². The van der Waals surface area contributed by atoms with Crippen molar-refractivity contribution >= 4 is 24.0 Å². The number of benzene rings is 1. The molecule has 74 valence electrons. The predicted molar refractivity (Wildman–Crippen MR) is 55.7 cm³/mol. The molecule has 14 heavy (non-hydrogen) atoms. The summed E-state index contributed by atoms with van der Waals surface area (Å²) < 4.78 is 13.3. The van der Waals surface area contributed by atoms with Crippen LogP contribution in [-0.2, 0) is 4.79 Å². The third-order valence-electron chi connectivity index (χ3n) is 1.88. The first-order valence-corrected chi connectivity index (χ1v) is 4.66. The molecule has 0 aliphatic heterocycles. The second-order valence-electron chi connectivity index (χ2n) is 2.83. The zero-order valence-corrected chi connectivity index (χ0v) is 8.51. The van der Waals surface area contributed by atoms with Crippen LogP contribution in [0.15, 0.2) is 23.8 Å². The molecule has 0 fully saturated rings. The van der Waals surface area contributed by atoms with Gasteiger partial charge in [-0.25, -0.2) is 4.39 Å². The summed E-state index contributed by atoms with van der Waals surface area (Å²) in [6.45, 7) is 1.84. The minimum atomic E-state index is -0.484. The summed E-state index contributed by atoms with van der Waals surface area (Å²) in [6.07, 6.45) is 2.81. The zero-order valence-electron chi connectivity index (χ0n) is 7.76. The molecule has 1 nitrogen and oxygen atoms in total. The highest BCUT2D eigenvalue weighted by molar-refractivity contribution is 6.30. The molecule has 0 spiro atoms. The summed E-state index contributed by atoms with van der Waals surface area (Å²) in [5, 5.41) is 0.0695. The van der Waals surface area contributed by atoms with E-state index in [0.717, 1.165) is 6.29 Å². The fourth-order valence-corrected chi connectivity index (χ4v) is 1.23. The Labute approximate surface area is 87.2 Å². The highest BCUT2D eigenvalue weighted by Gasteiger charge is 2.04. The summed E-state index contributed by atoms with van der Waals surface area (Å²) in [5.74, 6) is -0.484. The highest BCUT2D eigenvalue weighted by Crippen LogP contribution is 2.20. The topological polar surface area (TPSA) is 17.1 Å². The van der Waals surface area contributed by atoms with Crippen LogP contribution in [0, 0.1) is 5.82 Å². The van der Waals surface area contributed by atoms with Crippen LogP contribution in [0.2, 0.25) is 5.02 Å². The van der Waals surface area contributed by atoms with Crippen LogP contribution in [0.3, 0.4) is 0 Å². The maximum absolute atomic E-state index is 13.3. The van der Waals surface area contributed by atoms with Gasteiger partial charge in [0.1, 0.15) is 12.1 Å². The lowest BCUT2D eigenvalue weighted by Crippen LogP contribution is -1.87. The fraction of sp³-hybridized carbons (Fsp3) is 0.182. The van der Waals surface area contributed by atoms with Gasteiger partial charge in [-0.1, -0.05) is 30.7 Å². The third-order valence-corrected chi connectivity index (χ3v) is 2.17. The summed E-state index contributed by atoms with van der Waals surface area (Å²) in [4.78, 5) is 10.5. The van der Waals surface area contributed by atoms with Gasteiger partial charge in [-0.3, -0.25) is 4.79 Å². The van der Waals surface area contributed by atoms with Crippen LogP contribution >= 0.6 is 11.6 Å². The third kappa shape index (κ3) is 2.42. The predicted octanol–water partition coefficient (Wildman–Crippen LogP) is 3.47. The Hall–Kier alpha value is -1.15. The molecule has 0 saturated heterocycles. The number of hydrogen-bond donors (Lipinski definition) is 0. The van der Waals surface area contributed by atoms with Gasteiger partial charge in [0.2, 0.25) is 0 Å². The van der Waals surface area contributed by atoms with Crippen molar-refractivity contribution < 1.29 is 9.18 Å². The first-order chi connectivity index (χ1) is 6.69. The Morgan fingerprint density at radius 3 is 2.86 bits per heavy atom. The van der Waals surface area contributed by atoms with Crippen molar-refractivity contribution in [2.75, 3.05) is 0 Å². The molecule has 0 N–H and O–H groups in total. The molecule has 0 radical (unpaired) electrons. The second kappa shape index (κ2) is 4.91. The van der Waals surface area contributed by atoms with E-state index in [0.29, 0.717) is 17.6 Å². The molecule has 1 aromatic rings. The van der Waals surface area contributed by atoms with Crippen molar-refractivity contribution in [1.82, 2.24) is 0 Å². The standard InChI is InChI=1S/C11H10ClFO/c1-2-8(7-14)6-9-4-3-5-10(12)11(9)13/h3-7H,2H2,1H3/b8-6-. The highest BCUT2D eigenvalue weighted by atomic mass is 35.5. The van der Waals surface area contributed by atoms with E-state index in [2.05, 4.69) is 0 Å². The largest absolute Gasteiger partial charge is 0.298 e. The molecular formula is C11H10ClFO. The van der Waals surface area contributed by atoms with Gasteiger partial charge in [0.15, 0.2) is 0 Å². The van der Waals surface area contributed by atoms with E-state index in [4.69, 9.17) is 11.6 Å². The Bertz CT molecular complexity index is 372. The van der Waals surface area contributed by atoms with Gasteiger partial charge in [-0.2, -0.15) is 0 Å². The molecule has 1 aromatic carbocycles. The average molecular weight is 213 g/mol. The van der Waals surface area contributed by atoms with E-state index in [-0.39, 0.29) is 5.02 Å². The smallest absolute Gasteiger partial charge is 0.149 e. The van der Waals surface area contributed by atoms with Crippen LogP contribution in [0.25, 0.3) is 6.08 Å². The number of aldehydes is 1. The van der Waals surface area contributed by atoms with Gasteiger partial charge in [0.25, 0.3) is 0 Å². The SMILES string of the molecule is CC/C(C=O)=C/c1cccc(Cl)c1F. The number of carbonyl (C=O) groups is 1. The van der Waals surface area contributed by atoms with Crippen molar-refractivity contribution in [2.24, 2.45) is 0 Å². The Balaban J connectivity index is 3.13. The van der Waals surface area contributed by atoms with Crippen LogP contribution in [0.4, 0.5) is 4.39 Å². The van der Waals surface area contributed by atoms with Crippen LogP contribution in [0.1, 0.15) is 18.9 Å². The van der Waals surface area contributed by atoms with E-state index in [1.165, 1.54) is 12.1 Å². The zero-order chi connectivity index (χ0) is 10.6. The quantitative estimate of drug-likeness (QED) is 0.554. The average Bonchev–Trinajstić information content (AvgIpc) is 2.20. The Kier molecular flexibility index (Phi) is 3.84. The number of allylic oxidation sites excluding steroid dienone is 1. The van der Waals surface area contributed by atoms with Crippen molar-refractivity contribution in [2.45, 2.75) is 13.3 Å². The van der Waals surface area contributed by atoms with Crippen molar-refractivity contribution in [1.29, 1.82) is 0 Å². The molecule has 3 heteroatoms. The van der Waals surface area contributed by atoms with Gasteiger partial charge >= 0.3 is 0 Å². The summed E-state index contributed by atoms with van der Waals surface area (Å²) in [6, 6.07) is 4.70. The lowest BCUT2D eigenvalue weighted by atomic mass is 10.1. The molecule has 0 aliphatic rings. The fourth-order valence-electron chi connectivity index (χ4n) is 1.05. The maximum atomic E-state index is 13.3. The summed E-state index contributed by atoms with van der Waals surface area (Å²) in [7, 11) is 0. The molecule has 0 unspecified atom stereocenters. The van der Waals surface area contributed by atoms with Gasteiger partial charge in [-0.15, -0.1) is 0 Å². The molecule has 0 amide bonds. The molecule has 1 rings (SSSR count). The lowest BCUT2D eigenvalue weighted by Gasteiger charge is -2.00. The van der Waals surface area contributed by atoms with E-state index < -0.39 is 5.82 Å². The van der Waals surface area contributed by atoms with E-state index in [1.54, 1.807) is 12.1 Å². The number of carbonyl (C=O) groups excluding carboxylic acids is 1. The second-order valence-corrected chi connectivity index (χ2v) is 3.24. The van der Waals surface area contributed by atoms with Crippen molar-refractivity contribution in [3.63, 3.8) is 0 Å². The van der Waals surface area contributed by atoms with E-state index in [1.807, 2.05) is 6.92 Å². The first kappa shape index (κ1) is 10.9. The molecule has 0 atom stereocenters. The minimum absolute atomic E-state index is 0.0695. The molecule has 0 aliphatic carbocycles. The van der Waals surface area contributed by atoms with E-state index in [9.17, 15) is 9.18 Å². The van der Waals surface area contributed by atoms with Crippen LogP contribution in [0.5, 0.6) is 0 Å². The summed E-state index contributed by atoms with van der Waals surface area (Å²) in [5.41, 5.74) is 0.896. The molecule has 0 aromatic heterocycles.